The number of carbonyl (C=O) groups excluding carboxylic acids is 3. The molecule has 0 fully saturated rings. The van der Waals surface area contributed by atoms with E-state index < -0.39 is 91.5 Å². The third kappa shape index (κ3) is 65.5. The van der Waals surface area contributed by atoms with E-state index in [2.05, 4.69) is 118 Å². The Labute approximate surface area is 539 Å². The lowest BCUT2D eigenvalue weighted by molar-refractivity contribution is -0.161. The fourth-order valence-electron chi connectivity index (χ4n) is 8.77. The van der Waals surface area contributed by atoms with E-state index in [-0.39, 0.29) is 19.3 Å². The number of allylic oxidation sites excluding steroid dienone is 18. The van der Waals surface area contributed by atoms with Crippen molar-refractivity contribution in [1.82, 2.24) is 0 Å². The summed E-state index contributed by atoms with van der Waals surface area (Å²) in [6, 6.07) is 0. The first-order chi connectivity index (χ1) is 43.2. The molecule has 0 aromatic carbocycles. The number of hydrogen-bond donors (Lipinski definition) is 4. The van der Waals surface area contributed by atoms with E-state index in [1.807, 2.05) is 12.2 Å². The maximum Gasteiger partial charge on any atom is 0.472 e. The molecule has 4 N–H and O–H groups in total. The molecule has 0 heterocycles. The summed E-state index contributed by atoms with van der Waals surface area (Å²) < 4.78 is 60.8. The quantitative estimate of drug-likeness (QED) is 0.0146. The number of ether oxygens (including phenoxy) is 3. The first-order valence-electron chi connectivity index (χ1n) is 34.2. The molecular weight excluding hydrogens is 1170 g/mol. The van der Waals surface area contributed by atoms with E-state index in [0.29, 0.717) is 25.7 Å². The van der Waals surface area contributed by atoms with Gasteiger partial charge in [0.2, 0.25) is 0 Å². The fourth-order valence-corrected chi connectivity index (χ4v) is 10.4. The largest absolute Gasteiger partial charge is 0.472 e. The molecule has 0 rings (SSSR count). The van der Waals surface area contributed by atoms with Crippen LogP contribution in [0.25, 0.3) is 0 Å². The van der Waals surface area contributed by atoms with Gasteiger partial charge >= 0.3 is 33.6 Å². The van der Waals surface area contributed by atoms with Gasteiger partial charge in [0, 0.05) is 19.3 Å². The second-order valence-corrected chi connectivity index (χ2v) is 25.5. The minimum Gasteiger partial charge on any atom is -0.463 e. The zero-order valence-corrected chi connectivity index (χ0v) is 57.1. The summed E-state index contributed by atoms with van der Waals surface area (Å²) in [6.07, 6.45) is 71.5. The van der Waals surface area contributed by atoms with E-state index in [0.717, 1.165) is 122 Å². The molecule has 0 aromatic rings. The molecule has 18 heteroatoms. The standard InChI is InChI=1S/C71H122O16P2/c1-4-7-10-13-16-19-22-25-27-29-30-31-32-33-34-36-38-40-42-45-48-51-54-57-69(74)81-60-66(72)61-83-88(77,78)84-62-67(73)63-85-89(79,80)86-65-68(87-71(76)59-56-53-50-47-44-39-24-21-18-15-12-9-6-3)64-82-70(75)58-55-52-49-46-43-41-37-35-28-26-23-20-17-14-11-8-5-2/h8,11,16-17,19-20,25-28,30-31,33-34,37,41,46,49,66-68,72-73H,4-7,9-10,12-15,18,21-24,29,32,35-36,38-40,42-45,47-48,50-65H2,1-3H3,(H,77,78)(H,79,80)/b11-8-,19-16-,20-17-,27-25-,28-26-,31-30-,34-33-,41-37-,49-46-. The molecule has 0 saturated carbocycles. The summed E-state index contributed by atoms with van der Waals surface area (Å²) in [6.45, 7) is 2.44. The van der Waals surface area contributed by atoms with Gasteiger partial charge in [-0.05, 0) is 103 Å². The van der Waals surface area contributed by atoms with Crippen LogP contribution in [0, 0.1) is 0 Å². The Hall–Kier alpha value is -3.79. The number of hydrogen-bond acceptors (Lipinski definition) is 14. The van der Waals surface area contributed by atoms with Crippen molar-refractivity contribution in [2.75, 3.05) is 39.6 Å². The first kappa shape index (κ1) is 85.2. The molecule has 0 saturated heterocycles. The highest BCUT2D eigenvalue weighted by atomic mass is 31.2. The van der Waals surface area contributed by atoms with Gasteiger partial charge in [-0.25, -0.2) is 9.13 Å². The molecule has 0 amide bonds. The van der Waals surface area contributed by atoms with E-state index in [1.165, 1.54) is 77.0 Å². The number of unbranched alkanes of at least 4 members (excludes halogenated alkanes) is 23. The van der Waals surface area contributed by atoms with Crippen molar-refractivity contribution in [2.24, 2.45) is 0 Å². The van der Waals surface area contributed by atoms with Crippen LogP contribution in [-0.2, 0) is 55.8 Å². The molecule has 5 atom stereocenters. The van der Waals surface area contributed by atoms with Crippen LogP contribution >= 0.6 is 15.6 Å². The first-order valence-corrected chi connectivity index (χ1v) is 37.2. The maximum absolute atomic E-state index is 12.9. The van der Waals surface area contributed by atoms with Crippen LogP contribution in [0.1, 0.15) is 265 Å². The summed E-state index contributed by atoms with van der Waals surface area (Å²) in [5, 5.41) is 20.5. The van der Waals surface area contributed by atoms with Gasteiger partial charge in [0.05, 0.1) is 26.4 Å². The normalized spacial score (nSPS) is 14.9. The smallest absolute Gasteiger partial charge is 0.463 e. The molecule has 5 unspecified atom stereocenters. The molecule has 89 heavy (non-hydrogen) atoms. The molecule has 16 nitrogen and oxygen atoms in total. The van der Waals surface area contributed by atoms with Gasteiger partial charge in [-0.2, -0.15) is 0 Å². The summed E-state index contributed by atoms with van der Waals surface area (Å²) in [5.41, 5.74) is 0. The predicted octanol–water partition coefficient (Wildman–Crippen LogP) is 18.9. The van der Waals surface area contributed by atoms with Crippen LogP contribution in [0.5, 0.6) is 0 Å². The van der Waals surface area contributed by atoms with Crippen molar-refractivity contribution in [3.8, 4) is 0 Å². The lowest BCUT2D eigenvalue weighted by Crippen LogP contribution is -2.30. The maximum atomic E-state index is 12.9. The Morgan fingerprint density at radius 1 is 0.326 bits per heavy atom. The average molecular weight is 1290 g/mol. The SMILES string of the molecule is CC/C=C\C/C=C\C/C=C\C/C=C\C/C=C\CCCC(=O)OCC(COP(=O)(O)OCC(O)COP(=O)(O)OCC(O)COC(=O)CCCCCCCCC/C=C\C/C=C\C/C=C\C/C=C\CCCCC)OC(=O)CCCCCCCCCCCCCCC. The molecule has 0 aromatic heterocycles. The highest BCUT2D eigenvalue weighted by molar-refractivity contribution is 7.47. The van der Waals surface area contributed by atoms with Gasteiger partial charge in [0.15, 0.2) is 6.10 Å². The molecule has 0 aliphatic heterocycles. The Bertz CT molecular complexity index is 2060. The van der Waals surface area contributed by atoms with Crippen LogP contribution in [0.4, 0.5) is 0 Å². The van der Waals surface area contributed by atoms with E-state index in [1.54, 1.807) is 0 Å². The summed E-state index contributed by atoms with van der Waals surface area (Å²) >= 11 is 0. The van der Waals surface area contributed by atoms with Gasteiger partial charge < -0.3 is 34.2 Å². The van der Waals surface area contributed by atoms with Crippen LogP contribution in [0.2, 0.25) is 0 Å². The molecule has 0 radical (unpaired) electrons. The zero-order valence-electron chi connectivity index (χ0n) is 55.3. The number of aliphatic hydroxyl groups is 2. The minimum atomic E-state index is -4.93. The van der Waals surface area contributed by atoms with Crippen LogP contribution in [0.15, 0.2) is 109 Å². The Kier molecular flexibility index (Phi) is 61.6. The van der Waals surface area contributed by atoms with Gasteiger partial charge in [-0.3, -0.25) is 32.5 Å². The minimum absolute atomic E-state index is 0.0918. The number of aliphatic hydroxyl groups excluding tert-OH is 2. The average Bonchev–Trinajstić information content (AvgIpc) is 3.66. The van der Waals surface area contributed by atoms with Crippen molar-refractivity contribution >= 4 is 33.6 Å². The Morgan fingerprint density at radius 3 is 1.01 bits per heavy atom. The second-order valence-electron chi connectivity index (χ2n) is 22.6. The predicted molar refractivity (Wildman–Crippen MR) is 362 cm³/mol. The van der Waals surface area contributed by atoms with Crippen LogP contribution < -0.4 is 0 Å². The zero-order chi connectivity index (χ0) is 65.3. The van der Waals surface area contributed by atoms with Gasteiger partial charge in [0.25, 0.3) is 0 Å². The second kappa shape index (κ2) is 64.3. The molecule has 0 aliphatic carbocycles. The number of carbonyl (C=O) groups is 3. The van der Waals surface area contributed by atoms with E-state index >= 15 is 0 Å². The van der Waals surface area contributed by atoms with E-state index in [9.17, 15) is 43.5 Å². The van der Waals surface area contributed by atoms with Gasteiger partial charge in [0.1, 0.15) is 25.4 Å². The molecule has 512 valence electrons. The third-order valence-electron chi connectivity index (χ3n) is 14.0. The lowest BCUT2D eigenvalue weighted by atomic mass is 10.0. The lowest BCUT2D eigenvalue weighted by Gasteiger charge is -2.21. The van der Waals surface area contributed by atoms with E-state index in [4.69, 9.17) is 32.3 Å². The molecule has 0 spiro atoms. The van der Waals surface area contributed by atoms with Crippen molar-refractivity contribution in [3.63, 3.8) is 0 Å². The fraction of sp³-hybridized carbons (Fsp3) is 0.704. The topological polar surface area (TPSA) is 231 Å². The van der Waals surface area contributed by atoms with Crippen LogP contribution in [0.3, 0.4) is 0 Å². The Balaban J connectivity index is 4.64. The summed E-state index contributed by atoms with van der Waals surface area (Å²) in [4.78, 5) is 58.3. The monoisotopic (exact) mass is 1290 g/mol. The van der Waals surface area contributed by atoms with Crippen molar-refractivity contribution in [1.29, 1.82) is 0 Å². The summed E-state index contributed by atoms with van der Waals surface area (Å²) in [7, 11) is -9.79. The van der Waals surface area contributed by atoms with Crippen molar-refractivity contribution in [2.45, 2.75) is 283 Å². The van der Waals surface area contributed by atoms with Crippen molar-refractivity contribution in [3.05, 3.63) is 109 Å². The number of rotatable bonds is 64. The van der Waals surface area contributed by atoms with Crippen molar-refractivity contribution < 1.29 is 75.8 Å². The van der Waals surface area contributed by atoms with Gasteiger partial charge in [-0.1, -0.05) is 252 Å². The molecule has 0 bridgehead atoms. The molecule has 0 aliphatic rings. The highest BCUT2D eigenvalue weighted by Gasteiger charge is 2.29. The molecular formula is C71H122O16P2. The number of phosphoric acid groups is 2. The third-order valence-corrected chi connectivity index (χ3v) is 15.9. The number of phosphoric ester groups is 2. The Morgan fingerprint density at radius 2 is 0.607 bits per heavy atom. The highest BCUT2D eigenvalue weighted by Crippen LogP contribution is 2.45. The number of esters is 3. The van der Waals surface area contributed by atoms with Gasteiger partial charge in [-0.15, -0.1) is 0 Å². The van der Waals surface area contributed by atoms with Crippen LogP contribution in [-0.4, -0.2) is 95.9 Å². The summed E-state index contributed by atoms with van der Waals surface area (Å²) in [5.74, 6) is -1.65.